The highest BCUT2D eigenvalue weighted by Crippen LogP contribution is 2.30. The zero-order chi connectivity index (χ0) is 11.6. The summed E-state index contributed by atoms with van der Waals surface area (Å²) in [5.41, 5.74) is 1.71. The van der Waals surface area contributed by atoms with Gasteiger partial charge in [0.25, 0.3) is 0 Å². The van der Waals surface area contributed by atoms with Crippen LogP contribution in [0.3, 0.4) is 0 Å². The van der Waals surface area contributed by atoms with Crippen LogP contribution in [0, 0.1) is 5.41 Å². The van der Waals surface area contributed by atoms with Gasteiger partial charge in [0.1, 0.15) is 0 Å². The Morgan fingerprint density at radius 2 is 2.00 bits per heavy atom. The van der Waals surface area contributed by atoms with E-state index in [0.717, 1.165) is 19.5 Å². The molecule has 1 heterocycles. The van der Waals surface area contributed by atoms with Crippen LogP contribution < -0.4 is 0 Å². The Labute approximate surface area is 92.7 Å². The number of amides is 2. The highest BCUT2D eigenvalue weighted by Gasteiger charge is 2.23. The molecule has 0 unspecified atom stereocenters. The van der Waals surface area contributed by atoms with Crippen LogP contribution in [0.5, 0.6) is 0 Å². The summed E-state index contributed by atoms with van der Waals surface area (Å²) in [5.74, 6) is 0. The Balaban J connectivity index is 2.62. The maximum Gasteiger partial charge on any atom is 0.319 e. The van der Waals surface area contributed by atoms with Gasteiger partial charge >= 0.3 is 6.03 Å². The second-order valence-electron chi connectivity index (χ2n) is 5.35. The number of nitrogens with zero attached hydrogens (tertiary/aromatic N) is 2. The number of carbonyl (C=O) groups is 1. The molecule has 0 saturated carbocycles. The molecule has 86 valence electrons. The van der Waals surface area contributed by atoms with Gasteiger partial charge < -0.3 is 9.80 Å². The first-order valence-corrected chi connectivity index (χ1v) is 5.48. The fourth-order valence-corrected chi connectivity index (χ4v) is 1.81. The summed E-state index contributed by atoms with van der Waals surface area (Å²) in [5, 5.41) is 0. The Kier molecular flexibility index (Phi) is 3.42. The van der Waals surface area contributed by atoms with Gasteiger partial charge in [-0.05, 0) is 11.8 Å². The van der Waals surface area contributed by atoms with E-state index >= 15 is 0 Å². The summed E-state index contributed by atoms with van der Waals surface area (Å²) in [4.78, 5) is 15.2. The van der Waals surface area contributed by atoms with Crippen molar-refractivity contribution in [3.05, 3.63) is 11.6 Å². The predicted octanol–water partition coefficient (Wildman–Crippen LogP) is 2.35. The first-order chi connectivity index (χ1) is 6.82. The minimum absolute atomic E-state index is 0.110. The van der Waals surface area contributed by atoms with Crippen molar-refractivity contribution in [2.24, 2.45) is 5.41 Å². The molecule has 0 aromatic carbocycles. The van der Waals surface area contributed by atoms with Crippen molar-refractivity contribution in [1.82, 2.24) is 9.80 Å². The van der Waals surface area contributed by atoms with E-state index in [9.17, 15) is 4.79 Å². The standard InChI is InChI=1S/C12H22N2O/c1-12(2,3)10-6-8-14(9-7-10)11(15)13(4)5/h6H,7-9H2,1-5H3. The first kappa shape index (κ1) is 12.1. The fourth-order valence-electron chi connectivity index (χ4n) is 1.81. The second-order valence-corrected chi connectivity index (χ2v) is 5.35. The van der Waals surface area contributed by atoms with Crippen LogP contribution in [0.1, 0.15) is 27.2 Å². The van der Waals surface area contributed by atoms with Crippen molar-refractivity contribution in [1.29, 1.82) is 0 Å². The van der Waals surface area contributed by atoms with Crippen LogP contribution in [0.2, 0.25) is 0 Å². The molecule has 3 heteroatoms. The molecule has 1 aliphatic rings. The lowest BCUT2D eigenvalue weighted by atomic mass is 9.83. The molecular formula is C12H22N2O. The van der Waals surface area contributed by atoms with Gasteiger partial charge in [0.15, 0.2) is 0 Å². The van der Waals surface area contributed by atoms with Crippen LogP contribution >= 0.6 is 0 Å². The molecule has 1 aliphatic heterocycles. The van der Waals surface area contributed by atoms with Crippen LogP contribution in [0.25, 0.3) is 0 Å². The summed E-state index contributed by atoms with van der Waals surface area (Å²) < 4.78 is 0. The van der Waals surface area contributed by atoms with E-state index in [4.69, 9.17) is 0 Å². The molecule has 0 aromatic rings. The SMILES string of the molecule is CN(C)C(=O)N1CC=C(C(C)(C)C)CC1. The van der Waals surface area contributed by atoms with E-state index in [0.29, 0.717) is 0 Å². The number of hydrogen-bond donors (Lipinski definition) is 0. The van der Waals surface area contributed by atoms with Crippen LogP contribution in [-0.4, -0.2) is 43.0 Å². The zero-order valence-electron chi connectivity index (χ0n) is 10.5. The molecule has 0 atom stereocenters. The molecule has 0 saturated heterocycles. The number of hydrogen-bond acceptors (Lipinski definition) is 1. The van der Waals surface area contributed by atoms with Gasteiger partial charge in [-0.25, -0.2) is 4.79 Å². The van der Waals surface area contributed by atoms with E-state index < -0.39 is 0 Å². The Morgan fingerprint density at radius 1 is 1.40 bits per heavy atom. The smallest absolute Gasteiger partial charge is 0.319 e. The zero-order valence-corrected chi connectivity index (χ0v) is 10.5. The van der Waals surface area contributed by atoms with Crippen molar-refractivity contribution >= 4 is 6.03 Å². The molecule has 0 fully saturated rings. The molecule has 2 amide bonds. The number of rotatable bonds is 0. The first-order valence-electron chi connectivity index (χ1n) is 5.48. The lowest BCUT2D eigenvalue weighted by molar-refractivity contribution is 0.173. The Bertz CT molecular complexity index is 274. The molecule has 15 heavy (non-hydrogen) atoms. The monoisotopic (exact) mass is 210 g/mol. The minimum Gasteiger partial charge on any atom is -0.331 e. The van der Waals surface area contributed by atoms with Gasteiger partial charge in [0.2, 0.25) is 0 Å². The second kappa shape index (κ2) is 4.25. The average Bonchev–Trinajstić information content (AvgIpc) is 2.15. The highest BCUT2D eigenvalue weighted by atomic mass is 16.2. The van der Waals surface area contributed by atoms with Crippen molar-refractivity contribution in [3.63, 3.8) is 0 Å². The Morgan fingerprint density at radius 3 is 2.33 bits per heavy atom. The van der Waals surface area contributed by atoms with Gasteiger partial charge in [0, 0.05) is 27.2 Å². The molecule has 0 bridgehead atoms. The maximum absolute atomic E-state index is 11.7. The fraction of sp³-hybridized carbons (Fsp3) is 0.750. The summed E-state index contributed by atoms with van der Waals surface area (Å²) in [6, 6.07) is 0.110. The van der Waals surface area contributed by atoms with Crippen LogP contribution in [0.15, 0.2) is 11.6 Å². The third-order valence-corrected chi connectivity index (χ3v) is 2.83. The van der Waals surface area contributed by atoms with Crippen molar-refractivity contribution in [2.45, 2.75) is 27.2 Å². The average molecular weight is 210 g/mol. The van der Waals surface area contributed by atoms with Gasteiger partial charge in [-0.3, -0.25) is 0 Å². The summed E-state index contributed by atoms with van der Waals surface area (Å²) >= 11 is 0. The lowest BCUT2D eigenvalue weighted by Gasteiger charge is -2.33. The number of carbonyl (C=O) groups excluding carboxylic acids is 1. The van der Waals surface area contributed by atoms with Gasteiger partial charge in [-0.2, -0.15) is 0 Å². The minimum atomic E-state index is 0.110. The molecule has 0 spiro atoms. The molecular weight excluding hydrogens is 188 g/mol. The van der Waals surface area contributed by atoms with E-state index in [1.165, 1.54) is 5.57 Å². The molecule has 0 aromatic heterocycles. The van der Waals surface area contributed by atoms with E-state index in [1.54, 1.807) is 19.0 Å². The third kappa shape index (κ3) is 2.98. The molecule has 0 radical (unpaired) electrons. The van der Waals surface area contributed by atoms with E-state index in [-0.39, 0.29) is 11.4 Å². The van der Waals surface area contributed by atoms with Crippen LogP contribution in [0.4, 0.5) is 4.79 Å². The normalized spacial score (nSPS) is 17.4. The molecule has 0 N–H and O–H groups in total. The topological polar surface area (TPSA) is 23.6 Å². The summed E-state index contributed by atoms with van der Waals surface area (Å²) in [6.45, 7) is 8.27. The lowest BCUT2D eigenvalue weighted by Crippen LogP contribution is -2.42. The molecule has 3 nitrogen and oxygen atoms in total. The van der Waals surface area contributed by atoms with Crippen molar-refractivity contribution in [2.75, 3.05) is 27.2 Å². The number of urea groups is 1. The highest BCUT2D eigenvalue weighted by molar-refractivity contribution is 5.74. The maximum atomic E-state index is 11.7. The predicted molar refractivity (Wildman–Crippen MR) is 62.8 cm³/mol. The quantitative estimate of drug-likeness (QED) is 0.563. The van der Waals surface area contributed by atoms with Crippen LogP contribution in [-0.2, 0) is 0 Å². The van der Waals surface area contributed by atoms with E-state index in [2.05, 4.69) is 26.8 Å². The molecule has 1 rings (SSSR count). The summed E-state index contributed by atoms with van der Waals surface area (Å²) in [7, 11) is 3.59. The van der Waals surface area contributed by atoms with Crippen molar-refractivity contribution < 1.29 is 4.79 Å². The van der Waals surface area contributed by atoms with Gasteiger partial charge in [0.05, 0.1) is 0 Å². The largest absolute Gasteiger partial charge is 0.331 e. The Hall–Kier alpha value is -0.990. The van der Waals surface area contributed by atoms with E-state index in [1.807, 2.05) is 4.90 Å². The third-order valence-electron chi connectivity index (χ3n) is 2.83. The van der Waals surface area contributed by atoms with Gasteiger partial charge in [-0.15, -0.1) is 0 Å². The van der Waals surface area contributed by atoms with Gasteiger partial charge in [-0.1, -0.05) is 32.4 Å². The van der Waals surface area contributed by atoms with Crippen molar-refractivity contribution in [3.8, 4) is 0 Å². The molecule has 0 aliphatic carbocycles. The summed E-state index contributed by atoms with van der Waals surface area (Å²) in [6.07, 6.45) is 3.20.